The molecular weight excluding hydrogens is 595 g/mol. The molecule has 0 spiro atoms. The number of nitrogens with one attached hydrogen (secondary N) is 2. The van der Waals surface area contributed by atoms with Crippen molar-refractivity contribution >= 4 is 29.1 Å². The minimum atomic E-state index is -0.352. The van der Waals surface area contributed by atoms with Gasteiger partial charge in [0.1, 0.15) is 5.75 Å². The summed E-state index contributed by atoms with van der Waals surface area (Å²) in [7, 11) is 1.70. The number of methoxy groups -OCH3 is 1. The van der Waals surface area contributed by atoms with Gasteiger partial charge in [-0.1, -0.05) is 71.7 Å². The fourth-order valence-electron chi connectivity index (χ4n) is 6.07. The molecule has 0 bridgehead atoms. The molecule has 2 atom stereocenters. The first-order valence-electron chi connectivity index (χ1n) is 14.5. The summed E-state index contributed by atoms with van der Waals surface area (Å²) in [6.45, 7) is 0.929. The number of hydrogen-bond acceptors (Lipinski definition) is 6. The lowest BCUT2D eigenvalue weighted by Crippen LogP contribution is -2.36. The van der Waals surface area contributed by atoms with Crippen molar-refractivity contribution < 1.29 is 9.53 Å². The molecule has 1 aliphatic rings. The summed E-state index contributed by atoms with van der Waals surface area (Å²) in [5.74, 6) is 0.453. The number of fused-ring (bicyclic) bond motifs is 1. The molecule has 3 heterocycles. The van der Waals surface area contributed by atoms with Gasteiger partial charge in [0.05, 0.1) is 52.5 Å². The molecule has 3 aromatic heterocycles. The number of ether oxygens (including phenoxy) is 1. The van der Waals surface area contributed by atoms with Crippen LogP contribution in [0.2, 0.25) is 10.0 Å². The highest BCUT2D eigenvalue weighted by Gasteiger charge is 2.35. The van der Waals surface area contributed by atoms with Crippen LogP contribution in [-0.2, 0) is 19.5 Å². The Hall–Kier alpha value is -4.24. The number of aryl methyl sites for hydroxylation is 1. The number of aromatic nitrogens is 4. The van der Waals surface area contributed by atoms with Gasteiger partial charge in [0.2, 0.25) is 0 Å². The lowest BCUT2D eigenvalue weighted by Gasteiger charge is -2.40. The molecule has 6 rings (SSSR count). The summed E-state index contributed by atoms with van der Waals surface area (Å²) in [6, 6.07) is 20.4. The number of hydrogen-bond donors (Lipinski definition) is 2. The Morgan fingerprint density at radius 1 is 1.05 bits per heavy atom. The van der Waals surface area contributed by atoms with Gasteiger partial charge in [-0.2, -0.15) is 0 Å². The third-order valence-corrected chi connectivity index (χ3v) is 8.61. The number of halogens is 2. The molecule has 0 aliphatic heterocycles. The van der Waals surface area contributed by atoms with E-state index in [4.69, 9.17) is 32.9 Å². The van der Waals surface area contributed by atoms with Crippen LogP contribution >= 0.6 is 23.2 Å². The van der Waals surface area contributed by atoms with Crippen LogP contribution in [0.5, 0.6) is 5.75 Å². The van der Waals surface area contributed by atoms with Crippen LogP contribution in [0.1, 0.15) is 68.9 Å². The largest absolute Gasteiger partial charge is 0.496 e. The Balaban J connectivity index is 1.36. The van der Waals surface area contributed by atoms with Crippen molar-refractivity contribution in [2.24, 2.45) is 0 Å². The zero-order valence-electron chi connectivity index (χ0n) is 24.2. The number of aromatic amines is 1. The smallest absolute Gasteiger partial charge is 0.254 e. The quantitative estimate of drug-likeness (QED) is 0.171. The zero-order valence-corrected chi connectivity index (χ0v) is 25.7. The Kier molecular flexibility index (Phi) is 9.21. The molecule has 0 saturated heterocycles. The van der Waals surface area contributed by atoms with E-state index in [2.05, 4.69) is 49.4 Å². The summed E-state index contributed by atoms with van der Waals surface area (Å²) in [4.78, 5) is 32.0. The Morgan fingerprint density at radius 3 is 2.66 bits per heavy atom. The monoisotopic (exact) mass is 626 g/mol. The van der Waals surface area contributed by atoms with Crippen LogP contribution in [-0.4, -0.2) is 37.9 Å². The molecule has 2 N–H and O–H groups in total. The summed E-state index contributed by atoms with van der Waals surface area (Å²) >= 11 is 12.4. The van der Waals surface area contributed by atoms with E-state index in [1.54, 1.807) is 13.4 Å². The minimum Gasteiger partial charge on any atom is -0.496 e. The molecule has 10 heteroatoms. The normalized spacial score (nSPS) is 15.0. The molecule has 0 radical (unpaired) electrons. The van der Waals surface area contributed by atoms with Gasteiger partial charge in [-0.05, 0) is 48.1 Å². The molecule has 44 heavy (non-hydrogen) atoms. The van der Waals surface area contributed by atoms with E-state index in [9.17, 15) is 4.79 Å². The highest BCUT2D eigenvalue weighted by molar-refractivity contribution is 6.39. The summed E-state index contributed by atoms with van der Waals surface area (Å²) < 4.78 is 5.87. The van der Waals surface area contributed by atoms with Crippen LogP contribution in [0, 0.1) is 0 Å². The van der Waals surface area contributed by atoms with Crippen LogP contribution in [0.15, 0.2) is 91.8 Å². The van der Waals surface area contributed by atoms with Crippen molar-refractivity contribution in [1.82, 2.24) is 30.2 Å². The highest BCUT2D eigenvalue weighted by Crippen LogP contribution is 2.43. The topological polar surface area (TPSA) is 96.0 Å². The van der Waals surface area contributed by atoms with E-state index in [0.29, 0.717) is 13.1 Å². The van der Waals surface area contributed by atoms with Gasteiger partial charge in [-0.25, -0.2) is 4.98 Å². The number of amides is 1. The third-order valence-electron chi connectivity index (χ3n) is 8.03. The average Bonchev–Trinajstić information content (AvgIpc) is 3.58. The van der Waals surface area contributed by atoms with Gasteiger partial charge in [-0.3, -0.25) is 19.7 Å². The van der Waals surface area contributed by atoms with E-state index >= 15 is 0 Å². The number of benzene rings is 2. The lowest BCUT2D eigenvalue weighted by atomic mass is 9.88. The van der Waals surface area contributed by atoms with E-state index in [-0.39, 0.29) is 33.6 Å². The number of rotatable bonds is 10. The van der Waals surface area contributed by atoms with Gasteiger partial charge in [-0.15, -0.1) is 0 Å². The molecule has 224 valence electrons. The first-order valence-corrected chi connectivity index (χ1v) is 15.2. The van der Waals surface area contributed by atoms with Crippen LogP contribution in [0.25, 0.3) is 0 Å². The maximum Gasteiger partial charge on any atom is 0.254 e. The number of pyridine rings is 2. The standard InChI is InChI=1S/C34H32Cl2N6O2/c1-44-30-13-3-2-11-25(30)33(28-19-38-21-41-28)42(29-12-5-9-24-10-6-14-39-32(24)29)20-23-8-4-7-22(15-23)16-40-34(43)31-26(35)17-37-18-27(31)36/h2-4,6-8,10-11,13-15,17-19,21,29,33H,5,9,12,16,20H2,1H3,(H,38,41)(H,40,43). The number of imidazole rings is 1. The van der Waals surface area contributed by atoms with Gasteiger partial charge in [0.15, 0.2) is 0 Å². The molecular formula is C34H32Cl2N6O2. The third kappa shape index (κ3) is 6.33. The van der Waals surface area contributed by atoms with Crippen LogP contribution in [0.3, 0.4) is 0 Å². The molecule has 2 unspecified atom stereocenters. The van der Waals surface area contributed by atoms with Crippen LogP contribution < -0.4 is 10.1 Å². The second-order valence-electron chi connectivity index (χ2n) is 10.8. The molecule has 8 nitrogen and oxygen atoms in total. The van der Waals surface area contributed by atoms with Gasteiger partial charge >= 0.3 is 0 Å². The number of H-pyrrole nitrogens is 1. The Bertz CT molecular complexity index is 1730. The number of nitrogens with zero attached hydrogens (tertiary/aromatic N) is 4. The fraction of sp³-hybridized carbons (Fsp3) is 0.235. The van der Waals surface area contributed by atoms with Crippen LogP contribution in [0.4, 0.5) is 0 Å². The van der Waals surface area contributed by atoms with Crippen molar-refractivity contribution in [3.8, 4) is 5.75 Å². The van der Waals surface area contributed by atoms with Gasteiger partial charge in [0, 0.05) is 43.4 Å². The maximum absolute atomic E-state index is 12.9. The summed E-state index contributed by atoms with van der Waals surface area (Å²) in [5, 5.41) is 3.37. The second kappa shape index (κ2) is 13.6. The van der Waals surface area contributed by atoms with E-state index in [0.717, 1.165) is 53.1 Å². The number of carbonyl (C=O) groups excluding carboxylic acids is 1. The number of carbonyl (C=O) groups is 1. The van der Waals surface area contributed by atoms with Crippen molar-refractivity contribution in [1.29, 1.82) is 0 Å². The summed E-state index contributed by atoms with van der Waals surface area (Å²) in [5.41, 5.74) is 6.65. The van der Waals surface area contributed by atoms with Crippen molar-refractivity contribution in [2.75, 3.05) is 7.11 Å². The SMILES string of the molecule is COc1ccccc1C(c1cnc[nH]1)N(Cc1cccc(CNC(=O)c2c(Cl)cncc2Cl)c1)C1CCCc2cccnc21. The zero-order chi connectivity index (χ0) is 30.5. The van der Waals surface area contributed by atoms with Crippen molar-refractivity contribution in [3.63, 3.8) is 0 Å². The molecule has 1 amide bonds. The van der Waals surface area contributed by atoms with Crippen molar-refractivity contribution in [2.45, 2.75) is 44.4 Å². The highest BCUT2D eigenvalue weighted by atomic mass is 35.5. The molecule has 0 fully saturated rings. The Morgan fingerprint density at radius 2 is 1.86 bits per heavy atom. The van der Waals surface area contributed by atoms with Gasteiger partial charge < -0.3 is 15.0 Å². The lowest BCUT2D eigenvalue weighted by molar-refractivity contribution is 0.0951. The maximum atomic E-state index is 12.9. The van der Waals surface area contributed by atoms with E-state index < -0.39 is 0 Å². The minimum absolute atomic E-state index is 0.0532. The molecule has 5 aromatic rings. The predicted molar refractivity (Wildman–Crippen MR) is 171 cm³/mol. The number of para-hydroxylation sites is 1. The van der Waals surface area contributed by atoms with E-state index in [1.807, 2.05) is 48.8 Å². The fourth-order valence-corrected chi connectivity index (χ4v) is 6.61. The molecule has 2 aromatic carbocycles. The second-order valence-corrected chi connectivity index (χ2v) is 11.6. The average molecular weight is 628 g/mol. The first-order chi connectivity index (χ1) is 21.5. The molecule has 1 aliphatic carbocycles. The Labute approximate surface area is 266 Å². The summed E-state index contributed by atoms with van der Waals surface area (Å²) in [6.07, 6.45) is 11.3. The van der Waals surface area contributed by atoms with Crippen molar-refractivity contribution in [3.05, 3.63) is 141 Å². The first kappa shape index (κ1) is 29.8. The van der Waals surface area contributed by atoms with E-state index in [1.165, 1.54) is 18.0 Å². The molecule has 0 saturated carbocycles. The predicted octanol–water partition coefficient (Wildman–Crippen LogP) is 7.11. The van der Waals surface area contributed by atoms with Gasteiger partial charge in [0.25, 0.3) is 5.91 Å².